The summed E-state index contributed by atoms with van der Waals surface area (Å²) in [5.41, 5.74) is 3.77. The predicted molar refractivity (Wildman–Crippen MR) is 135 cm³/mol. The highest BCUT2D eigenvalue weighted by molar-refractivity contribution is 6.35. The minimum atomic E-state index is -0.288. The van der Waals surface area contributed by atoms with Crippen molar-refractivity contribution in [2.75, 3.05) is 25.6 Å². The van der Waals surface area contributed by atoms with Crippen LogP contribution in [-0.4, -0.2) is 26.2 Å². The van der Waals surface area contributed by atoms with Crippen molar-refractivity contribution in [2.45, 2.75) is 19.9 Å². The molecule has 3 rings (SSSR count). The lowest BCUT2D eigenvalue weighted by Gasteiger charge is -2.15. The smallest absolute Gasteiger partial charge is 0.262 e. The van der Waals surface area contributed by atoms with Gasteiger partial charge in [-0.2, -0.15) is 0 Å². The third-order valence-electron chi connectivity index (χ3n) is 4.89. The van der Waals surface area contributed by atoms with Gasteiger partial charge in [-0.25, -0.2) is 0 Å². The number of ether oxygens (including phenoxy) is 2. The maximum Gasteiger partial charge on any atom is 0.262 e. The van der Waals surface area contributed by atoms with Gasteiger partial charge in [-0.15, -0.1) is 0 Å². The number of amides is 1. The summed E-state index contributed by atoms with van der Waals surface area (Å²) in [6.07, 6.45) is 0.762. The van der Waals surface area contributed by atoms with Crippen LogP contribution in [0.3, 0.4) is 0 Å². The Kier molecular flexibility index (Phi) is 9.27. The van der Waals surface area contributed by atoms with Gasteiger partial charge in [0.15, 0.2) is 18.1 Å². The van der Waals surface area contributed by atoms with Crippen molar-refractivity contribution in [1.82, 2.24) is 5.32 Å². The molecule has 5 nitrogen and oxygen atoms in total. The summed E-state index contributed by atoms with van der Waals surface area (Å²) in [4.78, 5) is 12.2. The number of benzene rings is 3. The molecule has 174 valence electrons. The number of carbonyl (C=O) groups excluding carboxylic acids is 1. The highest BCUT2D eigenvalue weighted by Crippen LogP contribution is 2.36. The summed E-state index contributed by atoms with van der Waals surface area (Å²) in [5.74, 6) is 0.502. The van der Waals surface area contributed by atoms with Gasteiger partial charge in [-0.3, -0.25) is 4.79 Å². The largest absolute Gasteiger partial charge is 0.493 e. The van der Waals surface area contributed by atoms with Crippen LogP contribution in [0.15, 0.2) is 54.6 Å². The summed E-state index contributed by atoms with van der Waals surface area (Å²) in [7, 11) is 1.53. The van der Waals surface area contributed by atoms with Crippen LogP contribution in [0.5, 0.6) is 11.5 Å². The van der Waals surface area contributed by atoms with Crippen LogP contribution in [-0.2, 0) is 17.8 Å². The van der Waals surface area contributed by atoms with Gasteiger partial charge in [0, 0.05) is 22.3 Å². The molecular weight excluding hydrogens is 483 g/mol. The van der Waals surface area contributed by atoms with Crippen LogP contribution >= 0.6 is 34.8 Å². The summed E-state index contributed by atoms with van der Waals surface area (Å²) >= 11 is 18.6. The van der Waals surface area contributed by atoms with E-state index in [1.807, 2.05) is 49.4 Å². The minimum absolute atomic E-state index is 0.191. The van der Waals surface area contributed by atoms with E-state index in [2.05, 4.69) is 10.6 Å². The van der Waals surface area contributed by atoms with Gasteiger partial charge >= 0.3 is 0 Å². The third kappa shape index (κ3) is 7.54. The van der Waals surface area contributed by atoms with Crippen molar-refractivity contribution < 1.29 is 14.3 Å². The fourth-order valence-corrected chi connectivity index (χ4v) is 3.96. The molecule has 0 atom stereocenters. The van der Waals surface area contributed by atoms with E-state index in [1.54, 1.807) is 12.1 Å². The van der Waals surface area contributed by atoms with Crippen molar-refractivity contribution in [3.8, 4) is 11.5 Å². The summed E-state index contributed by atoms with van der Waals surface area (Å²) in [6.45, 7) is 3.09. The zero-order valence-corrected chi connectivity index (χ0v) is 20.7. The van der Waals surface area contributed by atoms with Gasteiger partial charge in [-0.05, 0) is 67.4 Å². The molecule has 0 fully saturated rings. The van der Waals surface area contributed by atoms with E-state index in [9.17, 15) is 4.79 Å². The van der Waals surface area contributed by atoms with Crippen LogP contribution in [0, 0.1) is 6.92 Å². The zero-order valence-electron chi connectivity index (χ0n) is 18.4. The maximum atomic E-state index is 12.2. The van der Waals surface area contributed by atoms with Crippen molar-refractivity contribution in [1.29, 1.82) is 0 Å². The fraction of sp³-hybridized carbons (Fsp3) is 0.240. The number of rotatable bonds is 10. The first kappa shape index (κ1) is 25.2. The lowest BCUT2D eigenvalue weighted by atomic mass is 10.1. The molecule has 0 spiro atoms. The molecule has 1 amide bonds. The second kappa shape index (κ2) is 12.1. The second-order valence-corrected chi connectivity index (χ2v) is 8.73. The average molecular weight is 508 g/mol. The number of hydrogen-bond acceptors (Lipinski definition) is 4. The van der Waals surface area contributed by atoms with E-state index in [0.717, 1.165) is 29.7 Å². The number of halogens is 3. The highest BCUT2D eigenvalue weighted by Gasteiger charge is 2.14. The van der Waals surface area contributed by atoms with E-state index in [-0.39, 0.29) is 12.5 Å². The average Bonchev–Trinajstić information content (AvgIpc) is 2.78. The van der Waals surface area contributed by atoms with Crippen molar-refractivity contribution in [3.05, 3.63) is 86.4 Å². The summed E-state index contributed by atoms with van der Waals surface area (Å²) < 4.78 is 11.1. The number of carbonyl (C=O) groups is 1. The molecule has 2 N–H and O–H groups in total. The summed E-state index contributed by atoms with van der Waals surface area (Å²) in [5, 5.41) is 7.79. The molecule has 0 bridgehead atoms. The number of methoxy groups -OCH3 is 1. The number of aryl methyl sites for hydroxylation is 1. The van der Waals surface area contributed by atoms with E-state index in [0.29, 0.717) is 38.8 Å². The Labute approximate surface area is 208 Å². The van der Waals surface area contributed by atoms with Crippen molar-refractivity contribution >= 4 is 46.4 Å². The molecular formula is C25H25Cl3N2O3. The maximum absolute atomic E-state index is 12.2. The fourth-order valence-electron chi connectivity index (χ4n) is 3.17. The number of anilines is 1. The lowest BCUT2D eigenvalue weighted by Crippen LogP contribution is -2.20. The normalized spacial score (nSPS) is 10.7. The molecule has 33 heavy (non-hydrogen) atoms. The van der Waals surface area contributed by atoms with E-state index >= 15 is 0 Å². The van der Waals surface area contributed by atoms with Crippen molar-refractivity contribution in [2.24, 2.45) is 0 Å². The number of nitrogens with one attached hydrogen (secondary N) is 2. The molecule has 0 radical (unpaired) electrons. The first-order valence-corrected chi connectivity index (χ1v) is 11.5. The van der Waals surface area contributed by atoms with Gasteiger partial charge in [0.1, 0.15) is 0 Å². The van der Waals surface area contributed by atoms with Gasteiger partial charge in [0.25, 0.3) is 5.91 Å². The molecule has 0 aromatic heterocycles. The Bertz CT molecular complexity index is 1100. The Morgan fingerprint density at radius 3 is 2.42 bits per heavy atom. The SMILES string of the molecule is COc1cc(CNCCc2ccc(Cl)cc2Cl)cc(Cl)c1OCC(=O)Nc1ccc(C)cc1. The molecule has 0 saturated carbocycles. The minimum Gasteiger partial charge on any atom is -0.493 e. The first-order valence-electron chi connectivity index (χ1n) is 10.4. The molecule has 8 heteroatoms. The van der Waals surface area contributed by atoms with Crippen LogP contribution in [0.4, 0.5) is 5.69 Å². The Balaban J connectivity index is 1.53. The number of hydrogen-bond donors (Lipinski definition) is 2. The van der Waals surface area contributed by atoms with Crippen LogP contribution in [0.25, 0.3) is 0 Å². The molecule has 0 aliphatic carbocycles. The molecule has 0 unspecified atom stereocenters. The van der Waals surface area contributed by atoms with Crippen LogP contribution in [0.1, 0.15) is 16.7 Å². The lowest BCUT2D eigenvalue weighted by molar-refractivity contribution is -0.118. The van der Waals surface area contributed by atoms with Crippen LogP contribution in [0.2, 0.25) is 15.1 Å². The van der Waals surface area contributed by atoms with Crippen molar-refractivity contribution in [3.63, 3.8) is 0 Å². The highest BCUT2D eigenvalue weighted by atomic mass is 35.5. The van der Waals surface area contributed by atoms with Gasteiger partial charge in [-0.1, -0.05) is 58.6 Å². The molecule has 0 aliphatic heterocycles. The predicted octanol–water partition coefficient (Wildman–Crippen LogP) is 6.31. The van der Waals surface area contributed by atoms with Gasteiger partial charge in [0.2, 0.25) is 0 Å². The van der Waals surface area contributed by atoms with E-state index in [1.165, 1.54) is 7.11 Å². The van der Waals surface area contributed by atoms with Gasteiger partial charge < -0.3 is 20.1 Å². The van der Waals surface area contributed by atoms with Crippen LogP contribution < -0.4 is 20.1 Å². The molecule has 0 heterocycles. The van der Waals surface area contributed by atoms with Gasteiger partial charge in [0.05, 0.1) is 12.1 Å². The Morgan fingerprint density at radius 1 is 0.970 bits per heavy atom. The second-order valence-electron chi connectivity index (χ2n) is 7.47. The topological polar surface area (TPSA) is 59.6 Å². The Morgan fingerprint density at radius 2 is 1.73 bits per heavy atom. The first-order chi connectivity index (χ1) is 15.9. The summed E-state index contributed by atoms with van der Waals surface area (Å²) in [6, 6.07) is 16.6. The third-order valence-corrected chi connectivity index (χ3v) is 5.76. The molecule has 3 aromatic carbocycles. The molecule has 0 aliphatic rings. The zero-order chi connectivity index (χ0) is 23.8. The monoisotopic (exact) mass is 506 g/mol. The van der Waals surface area contributed by atoms with E-state index in [4.69, 9.17) is 44.3 Å². The standard InChI is InChI=1S/C25H25Cl3N2O3/c1-16-3-7-20(8-4-16)30-24(31)15-33-25-22(28)11-17(12-23(25)32-2)14-29-10-9-18-5-6-19(26)13-21(18)27/h3-8,11-13,29H,9-10,14-15H2,1-2H3,(H,30,31). The van der Waals surface area contributed by atoms with E-state index < -0.39 is 0 Å². The quantitative estimate of drug-likeness (QED) is 0.316. The Hall–Kier alpha value is -2.44. The molecule has 0 saturated heterocycles. The molecule has 3 aromatic rings.